The Hall–Kier alpha value is -1.92. The Morgan fingerprint density at radius 3 is 1.13 bits per heavy atom. The lowest BCUT2D eigenvalue weighted by Gasteiger charge is -2.22. The molecule has 0 aromatic carbocycles. The number of rotatable bonds is 56. The number of aliphatic hydroxyl groups is 2. The molecule has 0 radical (unpaired) electrons. The molecule has 2 unspecified atom stereocenters. The number of ether oxygens (including phenoxy) is 1. The lowest BCUT2D eigenvalue weighted by atomic mass is 10.0. The van der Waals surface area contributed by atoms with E-state index >= 15 is 0 Å². The summed E-state index contributed by atoms with van der Waals surface area (Å²) in [6.45, 7) is 4.92. The molecule has 400 valence electrons. The molecule has 6 nitrogen and oxygen atoms in total. The zero-order chi connectivity index (χ0) is 49.3. The highest BCUT2D eigenvalue weighted by Gasteiger charge is 2.20. The van der Waals surface area contributed by atoms with Gasteiger partial charge in [0, 0.05) is 12.8 Å². The molecule has 0 aliphatic rings. The fourth-order valence-electron chi connectivity index (χ4n) is 9.25. The first-order chi connectivity index (χ1) is 33.5. The maximum atomic E-state index is 12.5. The average Bonchev–Trinajstić information content (AvgIpc) is 3.34. The largest absolute Gasteiger partial charge is 0.466 e. The van der Waals surface area contributed by atoms with Gasteiger partial charge in [-0.05, 0) is 89.9 Å². The Kier molecular flexibility index (Phi) is 56.0. The van der Waals surface area contributed by atoms with Crippen LogP contribution in [0.4, 0.5) is 0 Å². The summed E-state index contributed by atoms with van der Waals surface area (Å²) in [4.78, 5) is 24.5. The van der Waals surface area contributed by atoms with Gasteiger partial charge in [0.05, 0.1) is 25.4 Å². The topological polar surface area (TPSA) is 95.9 Å². The number of aliphatic hydroxyl groups excluding tert-OH is 2. The molecule has 0 saturated heterocycles. The van der Waals surface area contributed by atoms with Crippen LogP contribution in [0.1, 0.15) is 322 Å². The number of allylic oxidation sites excluding steroid dienone is 6. The Labute approximate surface area is 424 Å². The predicted octanol–water partition coefficient (Wildman–Crippen LogP) is 18.8. The number of carbonyl (C=O) groups excluding carboxylic acids is 2. The standard InChI is InChI=1S/C62H117NO5/c1-3-5-7-9-11-13-15-17-19-21-23-26-30-34-38-42-46-50-54-60(65)59(58-64)63-61(66)55-51-47-43-39-35-31-27-24-22-25-29-33-37-41-45-49-53-57-68-62(67)56-52-48-44-40-36-32-28-20-18-16-14-12-10-8-6-4-2/h20,22,25,28,33,37,59-60,64-65H,3-19,21,23-24,26-27,29-32,34-36,38-58H2,1-2H3,(H,63,66)/b25-22-,28-20-,37-33-. The van der Waals surface area contributed by atoms with Crippen LogP contribution >= 0.6 is 0 Å². The smallest absolute Gasteiger partial charge is 0.305 e. The maximum absolute atomic E-state index is 12.5. The first-order valence-corrected chi connectivity index (χ1v) is 30.2. The second-order valence-corrected chi connectivity index (χ2v) is 20.7. The van der Waals surface area contributed by atoms with Crippen molar-refractivity contribution in [1.82, 2.24) is 5.32 Å². The highest BCUT2D eigenvalue weighted by molar-refractivity contribution is 5.76. The van der Waals surface area contributed by atoms with Crippen LogP contribution in [-0.4, -0.2) is 47.4 Å². The van der Waals surface area contributed by atoms with Gasteiger partial charge >= 0.3 is 5.97 Å². The molecule has 2 atom stereocenters. The van der Waals surface area contributed by atoms with E-state index < -0.39 is 12.1 Å². The molecule has 0 aliphatic carbocycles. The molecule has 0 spiro atoms. The molecule has 0 aliphatic heterocycles. The molecule has 0 saturated carbocycles. The molecule has 3 N–H and O–H groups in total. The van der Waals surface area contributed by atoms with Crippen LogP contribution in [0.3, 0.4) is 0 Å². The van der Waals surface area contributed by atoms with Crippen molar-refractivity contribution >= 4 is 11.9 Å². The number of nitrogens with one attached hydrogen (secondary N) is 1. The van der Waals surface area contributed by atoms with Crippen molar-refractivity contribution in [3.8, 4) is 0 Å². The number of amides is 1. The van der Waals surface area contributed by atoms with Crippen molar-refractivity contribution in [1.29, 1.82) is 0 Å². The molecule has 0 heterocycles. The number of unbranched alkanes of at least 4 members (excludes halogenated alkanes) is 39. The number of esters is 1. The van der Waals surface area contributed by atoms with Gasteiger partial charge in [-0.3, -0.25) is 9.59 Å². The van der Waals surface area contributed by atoms with Crippen LogP contribution in [0.15, 0.2) is 36.5 Å². The van der Waals surface area contributed by atoms with Crippen LogP contribution < -0.4 is 5.32 Å². The summed E-state index contributed by atoms with van der Waals surface area (Å²) in [7, 11) is 0. The van der Waals surface area contributed by atoms with Gasteiger partial charge in [0.1, 0.15) is 0 Å². The molecule has 68 heavy (non-hydrogen) atoms. The first kappa shape index (κ1) is 66.1. The summed E-state index contributed by atoms with van der Waals surface area (Å²) in [5.41, 5.74) is 0. The number of carbonyl (C=O) groups is 2. The van der Waals surface area contributed by atoms with E-state index in [-0.39, 0.29) is 18.5 Å². The molecule has 0 bridgehead atoms. The van der Waals surface area contributed by atoms with Crippen LogP contribution in [-0.2, 0) is 14.3 Å². The third-order valence-corrected chi connectivity index (χ3v) is 13.9. The average molecular weight is 957 g/mol. The van der Waals surface area contributed by atoms with Gasteiger partial charge in [0.25, 0.3) is 0 Å². The Morgan fingerprint density at radius 1 is 0.412 bits per heavy atom. The normalized spacial score (nSPS) is 12.8. The van der Waals surface area contributed by atoms with E-state index in [1.165, 1.54) is 205 Å². The van der Waals surface area contributed by atoms with E-state index in [4.69, 9.17) is 4.74 Å². The minimum Gasteiger partial charge on any atom is -0.466 e. The summed E-state index contributed by atoms with van der Waals surface area (Å²) in [6.07, 6.45) is 71.4. The van der Waals surface area contributed by atoms with Gasteiger partial charge < -0.3 is 20.3 Å². The van der Waals surface area contributed by atoms with E-state index in [9.17, 15) is 19.8 Å². The van der Waals surface area contributed by atoms with E-state index in [0.29, 0.717) is 25.9 Å². The van der Waals surface area contributed by atoms with E-state index in [0.717, 1.165) is 83.5 Å². The Balaban J connectivity index is 3.50. The highest BCUT2D eigenvalue weighted by atomic mass is 16.5. The predicted molar refractivity (Wildman–Crippen MR) is 296 cm³/mol. The highest BCUT2D eigenvalue weighted by Crippen LogP contribution is 2.17. The molecule has 6 heteroatoms. The second kappa shape index (κ2) is 57.7. The van der Waals surface area contributed by atoms with Crippen molar-refractivity contribution in [2.45, 2.75) is 334 Å². The molecule has 1 amide bonds. The maximum Gasteiger partial charge on any atom is 0.305 e. The SMILES string of the molecule is CCCCCCCCC/C=C\CCCCCCCC(=O)OCCCCC/C=C\C/C=C\CCCCCCCCCC(=O)NC(CO)C(O)CCCCCCCCCCCCCCCCCCCC. The van der Waals surface area contributed by atoms with Crippen LogP contribution in [0, 0.1) is 0 Å². The van der Waals surface area contributed by atoms with Gasteiger partial charge in [-0.1, -0.05) is 256 Å². The van der Waals surface area contributed by atoms with Gasteiger partial charge in [0.15, 0.2) is 0 Å². The summed E-state index contributed by atoms with van der Waals surface area (Å²) in [6, 6.07) is -0.555. The van der Waals surface area contributed by atoms with Crippen molar-refractivity contribution < 1.29 is 24.5 Å². The van der Waals surface area contributed by atoms with Gasteiger partial charge in [-0.2, -0.15) is 0 Å². The van der Waals surface area contributed by atoms with E-state index in [1.807, 2.05) is 0 Å². The summed E-state index contributed by atoms with van der Waals surface area (Å²) >= 11 is 0. The molecular weight excluding hydrogens is 839 g/mol. The van der Waals surface area contributed by atoms with Gasteiger partial charge in [-0.15, -0.1) is 0 Å². The number of hydrogen-bond donors (Lipinski definition) is 3. The fourth-order valence-corrected chi connectivity index (χ4v) is 9.25. The van der Waals surface area contributed by atoms with Crippen molar-refractivity contribution in [3.63, 3.8) is 0 Å². The Bertz CT molecular complexity index is 1100. The van der Waals surface area contributed by atoms with Crippen LogP contribution in [0.25, 0.3) is 0 Å². The first-order valence-electron chi connectivity index (χ1n) is 30.2. The van der Waals surface area contributed by atoms with E-state index in [1.54, 1.807) is 0 Å². The lowest BCUT2D eigenvalue weighted by molar-refractivity contribution is -0.143. The van der Waals surface area contributed by atoms with Gasteiger partial charge in [0.2, 0.25) is 5.91 Å². The Morgan fingerprint density at radius 2 is 0.735 bits per heavy atom. The third-order valence-electron chi connectivity index (χ3n) is 13.9. The molecule has 0 fully saturated rings. The third kappa shape index (κ3) is 53.4. The summed E-state index contributed by atoms with van der Waals surface area (Å²) < 4.78 is 5.46. The van der Waals surface area contributed by atoms with Crippen molar-refractivity contribution in [3.05, 3.63) is 36.5 Å². The second-order valence-electron chi connectivity index (χ2n) is 20.7. The van der Waals surface area contributed by atoms with Gasteiger partial charge in [-0.25, -0.2) is 0 Å². The molecule has 0 rings (SSSR count). The summed E-state index contributed by atoms with van der Waals surface area (Å²) in [5.74, 6) is -0.0721. The van der Waals surface area contributed by atoms with Crippen molar-refractivity contribution in [2.75, 3.05) is 13.2 Å². The fraction of sp³-hybridized carbons (Fsp3) is 0.871. The van der Waals surface area contributed by atoms with Crippen LogP contribution in [0.2, 0.25) is 0 Å². The quantitative estimate of drug-likeness (QED) is 0.0321. The zero-order valence-corrected chi connectivity index (χ0v) is 45.6. The van der Waals surface area contributed by atoms with Crippen molar-refractivity contribution in [2.24, 2.45) is 0 Å². The monoisotopic (exact) mass is 956 g/mol. The summed E-state index contributed by atoms with van der Waals surface area (Å²) in [5, 5.41) is 23.3. The lowest BCUT2D eigenvalue weighted by Crippen LogP contribution is -2.45. The minimum absolute atomic E-state index is 0.0226. The zero-order valence-electron chi connectivity index (χ0n) is 45.6. The molecular formula is C62H117NO5. The van der Waals surface area contributed by atoms with E-state index in [2.05, 4.69) is 55.6 Å². The minimum atomic E-state index is -0.676. The molecule has 0 aromatic heterocycles. The molecule has 0 aromatic rings. The number of hydrogen-bond acceptors (Lipinski definition) is 5. The van der Waals surface area contributed by atoms with Crippen LogP contribution in [0.5, 0.6) is 0 Å².